The highest BCUT2D eigenvalue weighted by molar-refractivity contribution is 7.05. The number of nitrogens with zero attached hydrogens (tertiary/aromatic N) is 1. The Bertz CT molecular complexity index is 667. The lowest BCUT2D eigenvalue weighted by molar-refractivity contribution is 0.0501. The van der Waals surface area contributed by atoms with Crippen LogP contribution in [0.5, 0.6) is 0 Å². The Labute approximate surface area is 133 Å². The Morgan fingerprint density at radius 3 is 2.77 bits per heavy atom. The monoisotopic (exact) mass is 318 g/mol. The topological polar surface area (TPSA) is 68.3 Å². The molecule has 0 aliphatic carbocycles. The minimum absolute atomic E-state index is 0.335. The first kappa shape index (κ1) is 16.2. The number of unbranched alkanes of at least 4 members (excludes halogenated alkanes) is 1. The number of benzene rings is 1. The highest BCUT2D eigenvalue weighted by Crippen LogP contribution is 2.18. The van der Waals surface area contributed by atoms with E-state index in [4.69, 9.17) is 4.74 Å². The zero-order valence-corrected chi connectivity index (χ0v) is 13.4. The molecule has 0 aliphatic heterocycles. The zero-order valence-electron chi connectivity index (χ0n) is 12.6. The summed E-state index contributed by atoms with van der Waals surface area (Å²) in [5.41, 5.74) is 1.12. The van der Waals surface area contributed by atoms with Crippen LogP contribution in [-0.4, -0.2) is 22.9 Å². The minimum Gasteiger partial charge on any atom is -0.462 e. The summed E-state index contributed by atoms with van der Waals surface area (Å²) in [6, 6.07) is 8.51. The Kier molecular flexibility index (Phi) is 5.66. The van der Waals surface area contributed by atoms with Gasteiger partial charge in [0.15, 0.2) is 0 Å². The number of aryl methyl sites for hydroxylation is 1. The number of nitrogens with one attached hydrogen (secondary N) is 1. The largest absolute Gasteiger partial charge is 0.462 e. The van der Waals surface area contributed by atoms with Gasteiger partial charge in [-0.15, -0.1) is 0 Å². The quantitative estimate of drug-likeness (QED) is 0.652. The second-order valence-corrected chi connectivity index (χ2v) is 5.82. The third kappa shape index (κ3) is 4.14. The van der Waals surface area contributed by atoms with Crippen molar-refractivity contribution < 1.29 is 14.3 Å². The standard InChI is InChI=1S/C16H18N2O3S/c1-3-4-9-21-16(20)12-7-5-6-8-13(12)17-15(19)14-10-11(2)22-18-14/h5-8,10H,3-4,9H2,1-2H3,(H,17,19). The van der Waals surface area contributed by atoms with Gasteiger partial charge in [0, 0.05) is 4.88 Å². The van der Waals surface area contributed by atoms with Gasteiger partial charge in [-0.1, -0.05) is 25.5 Å². The first-order valence-electron chi connectivity index (χ1n) is 7.12. The number of para-hydroxylation sites is 1. The summed E-state index contributed by atoms with van der Waals surface area (Å²) in [5, 5.41) is 2.72. The number of esters is 1. The summed E-state index contributed by atoms with van der Waals surface area (Å²) in [6.07, 6.45) is 1.77. The number of ether oxygens (including phenoxy) is 1. The number of hydrogen-bond acceptors (Lipinski definition) is 5. The van der Waals surface area contributed by atoms with Gasteiger partial charge in [0.25, 0.3) is 5.91 Å². The third-order valence-corrected chi connectivity index (χ3v) is 3.68. The molecule has 2 aromatic rings. The molecule has 0 spiro atoms. The van der Waals surface area contributed by atoms with E-state index in [0.29, 0.717) is 23.6 Å². The van der Waals surface area contributed by atoms with Crippen molar-refractivity contribution in [2.24, 2.45) is 0 Å². The summed E-state index contributed by atoms with van der Waals surface area (Å²) in [6.45, 7) is 4.29. The number of hydrogen-bond donors (Lipinski definition) is 1. The molecule has 0 saturated heterocycles. The summed E-state index contributed by atoms with van der Waals surface area (Å²) in [7, 11) is 0. The predicted octanol–water partition coefficient (Wildman–Crippen LogP) is 3.66. The van der Waals surface area contributed by atoms with Crippen LogP contribution in [0.1, 0.15) is 45.5 Å². The van der Waals surface area contributed by atoms with Gasteiger partial charge >= 0.3 is 5.97 Å². The number of carbonyl (C=O) groups is 2. The van der Waals surface area contributed by atoms with Crippen LogP contribution in [0.25, 0.3) is 0 Å². The highest BCUT2D eigenvalue weighted by Gasteiger charge is 2.16. The molecule has 0 atom stereocenters. The molecule has 2 rings (SSSR count). The van der Waals surface area contributed by atoms with Crippen LogP contribution in [0.2, 0.25) is 0 Å². The predicted molar refractivity (Wildman–Crippen MR) is 86.4 cm³/mol. The summed E-state index contributed by atoms with van der Waals surface area (Å²) in [4.78, 5) is 25.2. The molecule has 116 valence electrons. The van der Waals surface area contributed by atoms with Crippen molar-refractivity contribution in [2.45, 2.75) is 26.7 Å². The fourth-order valence-corrected chi connectivity index (χ4v) is 2.36. The lowest BCUT2D eigenvalue weighted by atomic mass is 10.1. The van der Waals surface area contributed by atoms with Crippen molar-refractivity contribution in [3.8, 4) is 0 Å². The van der Waals surface area contributed by atoms with Gasteiger partial charge in [0.1, 0.15) is 5.69 Å². The highest BCUT2D eigenvalue weighted by atomic mass is 32.1. The summed E-state index contributed by atoms with van der Waals surface area (Å²) < 4.78 is 9.26. The maximum atomic E-state index is 12.1. The van der Waals surface area contributed by atoms with E-state index >= 15 is 0 Å². The molecule has 0 aliphatic rings. The molecule has 22 heavy (non-hydrogen) atoms. The lowest BCUT2D eigenvalue weighted by Crippen LogP contribution is -2.16. The zero-order chi connectivity index (χ0) is 15.9. The van der Waals surface area contributed by atoms with Crippen LogP contribution in [0, 0.1) is 6.92 Å². The molecule has 1 aromatic heterocycles. The van der Waals surface area contributed by atoms with Crippen LogP contribution in [0.15, 0.2) is 30.3 Å². The molecule has 0 bridgehead atoms. The van der Waals surface area contributed by atoms with Gasteiger partial charge in [-0.2, -0.15) is 4.37 Å². The molecule has 1 N–H and O–H groups in total. The van der Waals surface area contributed by atoms with E-state index in [0.717, 1.165) is 17.7 Å². The number of rotatable bonds is 6. The third-order valence-electron chi connectivity index (χ3n) is 2.99. The minimum atomic E-state index is -0.432. The molecule has 0 unspecified atom stereocenters. The average molecular weight is 318 g/mol. The maximum absolute atomic E-state index is 12.1. The number of amides is 1. The molecule has 1 aromatic carbocycles. The van der Waals surface area contributed by atoms with Crippen molar-refractivity contribution >= 4 is 29.1 Å². The van der Waals surface area contributed by atoms with Crippen LogP contribution in [0.4, 0.5) is 5.69 Å². The fraction of sp³-hybridized carbons (Fsp3) is 0.312. The van der Waals surface area contributed by atoms with Crippen LogP contribution < -0.4 is 5.32 Å². The summed E-state index contributed by atoms with van der Waals surface area (Å²) >= 11 is 1.26. The SMILES string of the molecule is CCCCOC(=O)c1ccccc1NC(=O)c1cc(C)sn1. The Morgan fingerprint density at radius 1 is 1.32 bits per heavy atom. The molecule has 0 radical (unpaired) electrons. The molecular formula is C16H18N2O3S. The average Bonchev–Trinajstić information content (AvgIpc) is 2.94. The number of carbonyl (C=O) groups excluding carboxylic acids is 2. The maximum Gasteiger partial charge on any atom is 0.340 e. The van der Waals surface area contributed by atoms with Crippen LogP contribution in [-0.2, 0) is 4.74 Å². The first-order chi connectivity index (χ1) is 10.6. The van der Waals surface area contributed by atoms with Crippen LogP contribution >= 0.6 is 11.5 Å². The second-order valence-electron chi connectivity index (χ2n) is 4.81. The van der Waals surface area contributed by atoms with Crippen molar-refractivity contribution in [1.29, 1.82) is 0 Å². The number of anilines is 1. The van der Waals surface area contributed by atoms with Gasteiger partial charge < -0.3 is 10.1 Å². The molecule has 1 heterocycles. The Balaban J connectivity index is 2.11. The van der Waals surface area contributed by atoms with E-state index in [1.807, 2.05) is 13.8 Å². The summed E-state index contributed by atoms with van der Waals surface area (Å²) in [5.74, 6) is -0.767. The second kappa shape index (κ2) is 7.70. The van der Waals surface area contributed by atoms with Gasteiger partial charge in [0.2, 0.25) is 0 Å². The van der Waals surface area contributed by atoms with Gasteiger partial charge in [0.05, 0.1) is 17.9 Å². The van der Waals surface area contributed by atoms with Crippen molar-refractivity contribution in [3.63, 3.8) is 0 Å². The smallest absolute Gasteiger partial charge is 0.340 e. The first-order valence-corrected chi connectivity index (χ1v) is 7.90. The number of aromatic nitrogens is 1. The molecule has 1 amide bonds. The van der Waals surface area contributed by atoms with Gasteiger partial charge in [-0.05, 0) is 43.1 Å². The van der Waals surface area contributed by atoms with Crippen LogP contribution in [0.3, 0.4) is 0 Å². The van der Waals surface area contributed by atoms with Gasteiger partial charge in [-0.25, -0.2) is 4.79 Å². The van der Waals surface area contributed by atoms with E-state index < -0.39 is 5.97 Å². The molecule has 0 fully saturated rings. The van der Waals surface area contributed by atoms with Crippen molar-refractivity contribution in [3.05, 3.63) is 46.5 Å². The van der Waals surface area contributed by atoms with E-state index in [-0.39, 0.29) is 5.91 Å². The molecule has 6 heteroatoms. The van der Waals surface area contributed by atoms with Crippen molar-refractivity contribution in [1.82, 2.24) is 4.37 Å². The molecule has 0 saturated carbocycles. The van der Waals surface area contributed by atoms with E-state index in [2.05, 4.69) is 9.69 Å². The Morgan fingerprint density at radius 2 is 2.09 bits per heavy atom. The Hall–Kier alpha value is -2.21. The van der Waals surface area contributed by atoms with E-state index in [1.54, 1.807) is 30.3 Å². The van der Waals surface area contributed by atoms with E-state index in [9.17, 15) is 9.59 Å². The van der Waals surface area contributed by atoms with Crippen molar-refractivity contribution in [2.75, 3.05) is 11.9 Å². The fourth-order valence-electron chi connectivity index (χ4n) is 1.82. The molecular weight excluding hydrogens is 300 g/mol. The van der Waals surface area contributed by atoms with Gasteiger partial charge in [-0.3, -0.25) is 4.79 Å². The normalized spacial score (nSPS) is 10.3. The molecule has 5 nitrogen and oxygen atoms in total. The lowest BCUT2D eigenvalue weighted by Gasteiger charge is -2.10. The van der Waals surface area contributed by atoms with E-state index in [1.165, 1.54) is 11.5 Å².